The van der Waals surface area contributed by atoms with E-state index in [1.165, 1.54) is 24.5 Å². The van der Waals surface area contributed by atoms with Crippen LogP contribution in [0.15, 0.2) is 28.9 Å². The molecule has 2 aromatic rings. The molecule has 0 aliphatic rings. The highest BCUT2D eigenvalue weighted by Gasteiger charge is 2.11. The highest BCUT2D eigenvalue weighted by molar-refractivity contribution is 6.30. The predicted molar refractivity (Wildman–Crippen MR) is 56.5 cm³/mol. The Balaban J connectivity index is 2.48. The quantitative estimate of drug-likeness (QED) is 0.751. The number of hydrogen-bond acceptors (Lipinski definition) is 2. The van der Waals surface area contributed by atoms with E-state index in [1.54, 1.807) is 0 Å². The van der Waals surface area contributed by atoms with Gasteiger partial charge in [-0.25, -0.2) is 9.37 Å². The normalized spacial score (nSPS) is 10.6. The summed E-state index contributed by atoms with van der Waals surface area (Å²) in [5.74, 6) is -0.0147. The van der Waals surface area contributed by atoms with Gasteiger partial charge in [0.25, 0.3) is 0 Å². The third-order valence-electron chi connectivity index (χ3n) is 1.85. The first kappa shape index (κ1) is 10.5. The molecular weight excluding hydrogens is 240 g/mol. The summed E-state index contributed by atoms with van der Waals surface area (Å²) < 4.78 is 18.5. The van der Waals surface area contributed by atoms with Crippen LogP contribution in [0.1, 0.15) is 5.69 Å². The first-order valence-electron chi connectivity index (χ1n) is 4.16. The molecule has 1 aromatic heterocycles. The molecule has 0 atom stereocenters. The fourth-order valence-electron chi connectivity index (χ4n) is 1.15. The van der Waals surface area contributed by atoms with E-state index >= 15 is 0 Å². The lowest BCUT2D eigenvalue weighted by Crippen LogP contribution is -1.85. The first-order chi connectivity index (χ1) is 7.20. The minimum absolute atomic E-state index is 0.186. The molecule has 0 amide bonds. The van der Waals surface area contributed by atoms with Gasteiger partial charge >= 0.3 is 0 Å². The summed E-state index contributed by atoms with van der Waals surface area (Å²) >= 11 is 11.3. The van der Waals surface area contributed by atoms with Gasteiger partial charge in [-0.15, -0.1) is 11.6 Å². The Kier molecular flexibility index (Phi) is 2.93. The van der Waals surface area contributed by atoms with Crippen LogP contribution in [0.2, 0.25) is 5.02 Å². The lowest BCUT2D eigenvalue weighted by atomic mass is 10.2. The molecular formula is C10H6Cl2FNO. The van der Waals surface area contributed by atoms with Crippen LogP contribution in [0.3, 0.4) is 0 Å². The molecule has 1 aromatic carbocycles. The minimum Gasteiger partial charge on any atom is -0.444 e. The molecule has 0 bridgehead atoms. The molecule has 2 nitrogen and oxygen atoms in total. The highest BCUT2D eigenvalue weighted by Crippen LogP contribution is 2.25. The zero-order valence-electron chi connectivity index (χ0n) is 7.51. The molecule has 1 heterocycles. The minimum atomic E-state index is -0.428. The molecule has 5 heteroatoms. The molecule has 78 valence electrons. The maximum absolute atomic E-state index is 13.4. The summed E-state index contributed by atoms with van der Waals surface area (Å²) in [6, 6.07) is 4.19. The molecule has 2 rings (SSSR count). The lowest BCUT2D eigenvalue weighted by molar-refractivity contribution is 0.561. The molecule has 15 heavy (non-hydrogen) atoms. The average molecular weight is 246 g/mol. The first-order valence-corrected chi connectivity index (χ1v) is 5.08. The van der Waals surface area contributed by atoms with Gasteiger partial charge in [0.1, 0.15) is 12.1 Å². The zero-order valence-corrected chi connectivity index (χ0v) is 9.02. The number of aromatic nitrogens is 1. The van der Waals surface area contributed by atoms with Crippen LogP contribution in [-0.2, 0) is 5.88 Å². The Morgan fingerprint density at radius 1 is 1.40 bits per heavy atom. The Bertz CT molecular complexity index is 484. The van der Waals surface area contributed by atoms with Crippen molar-refractivity contribution in [1.29, 1.82) is 0 Å². The van der Waals surface area contributed by atoms with Crippen LogP contribution in [0.25, 0.3) is 11.5 Å². The SMILES string of the molecule is Fc1ccc(Cl)cc1-c1nc(CCl)co1. The molecule has 0 aliphatic carbocycles. The Hall–Kier alpha value is -1.06. The highest BCUT2D eigenvalue weighted by atomic mass is 35.5. The number of hydrogen-bond donors (Lipinski definition) is 0. The van der Waals surface area contributed by atoms with Crippen LogP contribution in [0.4, 0.5) is 4.39 Å². The molecule has 0 fully saturated rings. The number of halogens is 3. The fourth-order valence-corrected chi connectivity index (χ4v) is 1.45. The Labute approximate surface area is 95.6 Å². The Morgan fingerprint density at radius 3 is 2.87 bits per heavy atom. The number of alkyl halides is 1. The van der Waals surface area contributed by atoms with Crippen molar-refractivity contribution in [2.75, 3.05) is 0 Å². The summed E-state index contributed by atoms with van der Waals surface area (Å²) in [5, 5.41) is 0.428. The van der Waals surface area contributed by atoms with E-state index in [1.807, 2.05) is 0 Å². The molecule has 0 N–H and O–H groups in total. The summed E-state index contributed by atoms with van der Waals surface area (Å²) in [6.45, 7) is 0. The fraction of sp³-hybridized carbons (Fsp3) is 0.100. The van der Waals surface area contributed by atoms with Gasteiger partial charge in [-0.05, 0) is 18.2 Å². The molecule has 0 saturated heterocycles. The number of benzene rings is 1. The van der Waals surface area contributed by atoms with E-state index in [2.05, 4.69) is 4.98 Å². The van der Waals surface area contributed by atoms with Gasteiger partial charge in [0, 0.05) is 5.02 Å². The second kappa shape index (κ2) is 4.21. The zero-order chi connectivity index (χ0) is 10.8. The van der Waals surface area contributed by atoms with E-state index in [0.29, 0.717) is 10.7 Å². The van der Waals surface area contributed by atoms with Crippen LogP contribution in [0.5, 0.6) is 0 Å². The summed E-state index contributed by atoms with van der Waals surface area (Å²) in [5.41, 5.74) is 0.796. The molecule has 0 spiro atoms. The van der Waals surface area contributed by atoms with Gasteiger partial charge in [-0.1, -0.05) is 11.6 Å². The van der Waals surface area contributed by atoms with Crippen molar-refractivity contribution < 1.29 is 8.81 Å². The van der Waals surface area contributed by atoms with E-state index < -0.39 is 5.82 Å². The summed E-state index contributed by atoms with van der Waals surface area (Å²) in [4.78, 5) is 4.00. The van der Waals surface area contributed by atoms with E-state index in [-0.39, 0.29) is 17.3 Å². The van der Waals surface area contributed by atoms with Gasteiger partial charge in [0.05, 0.1) is 17.1 Å². The smallest absolute Gasteiger partial charge is 0.229 e. The van der Waals surface area contributed by atoms with Crippen LogP contribution < -0.4 is 0 Å². The van der Waals surface area contributed by atoms with Gasteiger partial charge in [-0.2, -0.15) is 0 Å². The van der Waals surface area contributed by atoms with E-state index in [0.717, 1.165) is 0 Å². The molecule has 0 unspecified atom stereocenters. The predicted octanol–water partition coefficient (Wildman–Crippen LogP) is 3.87. The monoisotopic (exact) mass is 245 g/mol. The van der Waals surface area contributed by atoms with Gasteiger partial charge in [-0.3, -0.25) is 0 Å². The molecule has 0 radical (unpaired) electrons. The van der Waals surface area contributed by atoms with Crippen LogP contribution in [-0.4, -0.2) is 4.98 Å². The van der Waals surface area contributed by atoms with E-state index in [4.69, 9.17) is 27.6 Å². The molecule has 0 saturated carbocycles. The third-order valence-corrected chi connectivity index (χ3v) is 2.36. The number of nitrogens with zero attached hydrogens (tertiary/aromatic N) is 1. The van der Waals surface area contributed by atoms with Gasteiger partial charge < -0.3 is 4.42 Å². The topological polar surface area (TPSA) is 26.0 Å². The van der Waals surface area contributed by atoms with Crippen molar-refractivity contribution in [1.82, 2.24) is 4.98 Å². The largest absolute Gasteiger partial charge is 0.444 e. The maximum atomic E-state index is 13.4. The van der Waals surface area contributed by atoms with Crippen molar-refractivity contribution in [3.8, 4) is 11.5 Å². The second-order valence-corrected chi connectivity index (χ2v) is 3.61. The second-order valence-electron chi connectivity index (χ2n) is 2.90. The number of rotatable bonds is 2. The van der Waals surface area contributed by atoms with Crippen molar-refractivity contribution in [3.63, 3.8) is 0 Å². The van der Waals surface area contributed by atoms with Crippen molar-refractivity contribution >= 4 is 23.2 Å². The van der Waals surface area contributed by atoms with Crippen molar-refractivity contribution in [2.45, 2.75) is 5.88 Å². The van der Waals surface area contributed by atoms with Crippen LogP contribution in [0, 0.1) is 5.82 Å². The lowest BCUT2D eigenvalue weighted by Gasteiger charge is -1.98. The van der Waals surface area contributed by atoms with E-state index in [9.17, 15) is 4.39 Å². The standard InChI is InChI=1S/C10H6Cl2FNO/c11-4-7-5-15-10(14-7)8-3-6(12)1-2-9(8)13/h1-3,5H,4H2. The third kappa shape index (κ3) is 2.13. The summed E-state index contributed by atoms with van der Waals surface area (Å²) in [6.07, 6.45) is 1.39. The van der Waals surface area contributed by atoms with Crippen molar-refractivity contribution in [3.05, 3.63) is 41.0 Å². The van der Waals surface area contributed by atoms with Gasteiger partial charge in [0.2, 0.25) is 5.89 Å². The van der Waals surface area contributed by atoms with Crippen molar-refractivity contribution in [2.24, 2.45) is 0 Å². The molecule has 0 aliphatic heterocycles. The maximum Gasteiger partial charge on any atom is 0.229 e. The van der Waals surface area contributed by atoms with Gasteiger partial charge in [0.15, 0.2) is 0 Å². The summed E-state index contributed by atoms with van der Waals surface area (Å²) in [7, 11) is 0. The Morgan fingerprint density at radius 2 is 2.20 bits per heavy atom. The average Bonchev–Trinajstić information content (AvgIpc) is 2.70. The number of oxazole rings is 1. The van der Waals surface area contributed by atoms with Crippen LogP contribution >= 0.6 is 23.2 Å².